The van der Waals surface area contributed by atoms with E-state index in [4.69, 9.17) is 4.74 Å². The molecule has 1 N–H and O–H groups in total. The van der Waals surface area contributed by atoms with Crippen molar-refractivity contribution in [3.8, 4) is 5.95 Å². The minimum atomic E-state index is -0.330. The van der Waals surface area contributed by atoms with E-state index in [0.717, 1.165) is 16.5 Å². The van der Waals surface area contributed by atoms with Gasteiger partial charge in [0, 0.05) is 35.6 Å². The quantitative estimate of drug-likeness (QED) is 0.468. The number of nitrogens with zero attached hydrogens (tertiary/aromatic N) is 3. The lowest BCUT2D eigenvalue weighted by atomic mass is 10.1. The van der Waals surface area contributed by atoms with Crippen LogP contribution in [0, 0.1) is 0 Å². The number of nitrogens with one attached hydrogen (secondary N) is 1. The first-order chi connectivity index (χ1) is 15.2. The van der Waals surface area contributed by atoms with E-state index in [9.17, 15) is 9.59 Å². The van der Waals surface area contributed by atoms with E-state index >= 15 is 0 Å². The molecule has 1 amide bonds. The largest absolute Gasteiger partial charge is 0.466 e. The molecule has 156 valence electrons. The summed E-state index contributed by atoms with van der Waals surface area (Å²) in [4.78, 5) is 33.4. The van der Waals surface area contributed by atoms with Gasteiger partial charge in [0.2, 0.25) is 5.95 Å². The average Bonchev–Trinajstić information content (AvgIpc) is 3.15. The molecular weight excluding hydrogens is 392 g/mol. The molecule has 0 atom stereocenters. The van der Waals surface area contributed by atoms with Gasteiger partial charge in [0.15, 0.2) is 0 Å². The van der Waals surface area contributed by atoms with Crippen molar-refractivity contribution in [2.24, 2.45) is 0 Å². The summed E-state index contributed by atoms with van der Waals surface area (Å²) < 4.78 is 6.93. The zero-order chi connectivity index (χ0) is 21.6. The van der Waals surface area contributed by atoms with Crippen LogP contribution in [-0.4, -0.2) is 33.0 Å². The Kier molecular flexibility index (Phi) is 6.03. The van der Waals surface area contributed by atoms with E-state index in [2.05, 4.69) is 15.3 Å². The van der Waals surface area contributed by atoms with Crippen molar-refractivity contribution in [2.75, 3.05) is 6.61 Å². The number of amides is 1. The van der Waals surface area contributed by atoms with E-state index < -0.39 is 0 Å². The highest BCUT2D eigenvalue weighted by Gasteiger charge is 2.17. The lowest BCUT2D eigenvalue weighted by molar-refractivity contribution is -0.142. The summed E-state index contributed by atoms with van der Waals surface area (Å²) >= 11 is 0. The van der Waals surface area contributed by atoms with Gasteiger partial charge in [-0.05, 0) is 42.8 Å². The summed E-state index contributed by atoms with van der Waals surface area (Å²) in [6.07, 6.45) is 3.37. The van der Waals surface area contributed by atoms with Gasteiger partial charge in [-0.25, -0.2) is 9.97 Å². The molecule has 2 heterocycles. The zero-order valence-corrected chi connectivity index (χ0v) is 17.1. The van der Waals surface area contributed by atoms with E-state index in [-0.39, 0.29) is 18.3 Å². The first-order valence-corrected chi connectivity index (χ1v) is 10.0. The van der Waals surface area contributed by atoms with Crippen LogP contribution in [0.5, 0.6) is 0 Å². The van der Waals surface area contributed by atoms with Gasteiger partial charge in [-0.15, -0.1) is 0 Å². The number of esters is 1. The van der Waals surface area contributed by atoms with Gasteiger partial charge in [-0.1, -0.05) is 30.3 Å². The number of hydrogen-bond donors (Lipinski definition) is 1. The van der Waals surface area contributed by atoms with Gasteiger partial charge in [-0.3, -0.25) is 14.2 Å². The standard InChI is InChI=1S/C24H22N4O3/c1-2-31-22(29)15-20-14-19-13-18(23(30)27-16-17-7-4-3-5-8-17)9-10-21(19)28(20)24-25-11-6-12-26-24/h3-14H,2,15-16H2,1H3,(H,27,30). The average molecular weight is 414 g/mol. The lowest BCUT2D eigenvalue weighted by Gasteiger charge is -2.09. The van der Waals surface area contributed by atoms with Crippen LogP contribution in [-0.2, 0) is 22.5 Å². The Labute approximate surface area is 179 Å². The first kappa shape index (κ1) is 20.3. The summed E-state index contributed by atoms with van der Waals surface area (Å²) in [6.45, 7) is 2.53. The molecular formula is C24H22N4O3. The molecule has 2 aromatic heterocycles. The first-order valence-electron chi connectivity index (χ1n) is 10.0. The molecule has 7 heteroatoms. The van der Waals surface area contributed by atoms with Crippen LogP contribution in [0.3, 0.4) is 0 Å². The predicted octanol–water partition coefficient (Wildman–Crippen LogP) is 3.46. The Hall–Kier alpha value is -4.00. The third-order valence-electron chi connectivity index (χ3n) is 4.82. The number of aromatic nitrogens is 3. The number of ether oxygens (including phenoxy) is 1. The molecule has 4 aromatic rings. The Bertz CT molecular complexity index is 1200. The highest BCUT2D eigenvalue weighted by Crippen LogP contribution is 2.25. The maximum Gasteiger partial charge on any atom is 0.311 e. The van der Waals surface area contributed by atoms with E-state index in [1.807, 2.05) is 53.1 Å². The fraction of sp³-hybridized carbons (Fsp3) is 0.167. The van der Waals surface area contributed by atoms with Crippen molar-refractivity contribution >= 4 is 22.8 Å². The second-order valence-electron chi connectivity index (χ2n) is 6.94. The summed E-state index contributed by atoms with van der Waals surface area (Å²) in [7, 11) is 0. The minimum absolute atomic E-state index is 0.0797. The molecule has 0 aliphatic carbocycles. The molecule has 0 radical (unpaired) electrons. The Morgan fingerprint density at radius 3 is 2.52 bits per heavy atom. The molecule has 0 spiro atoms. The maximum atomic E-state index is 12.7. The number of hydrogen-bond acceptors (Lipinski definition) is 5. The van der Waals surface area contributed by atoms with Crippen LogP contribution in [0.15, 0.2) is 73.1 Å². The normalized spacial score (nSPS) is 10.7. The van der Waals surface area contributed by atoms with E-state index in [0.29, 0.717) is 30.4 Å². The fourth-order valence-electron chi connectivity index (χ4n) is 3.43. The second kappa shape index (κ2) is 9.21. The van der Waals surface area contributed by atoms with Crippen molar-refractivity contribution in [1.82, 2.24) is 19.9 Å². The summed E-state index contributed by atoms with van der Waals surface area (Å²) in [6, 6.07) is 18.8. The predicted molar refractivity (Wildman–Crippen MR) is 117 cm³/mol. The zero-order valence-electron chi connectivity index (χ0n) is 17.1. The molecule has 31 heavy (non-hydrogen) atoms. The van der Waals surface area contributed by atoms with Crippen LogP contribution in [0.1, 0.15) is 28.5 Å². The van der Waals surface area contributed by atoms with Crippen LogP contribution < -0.4 is 5.32 Å². The summed E-state index contributed by atoms with van der Waals surface area (Å²) in [5.41, 5.74) is 3.07. The SMILES string of the molecule is CCOC(=O)Cc1cc2cc(C(=O)NCc3ccccc3)ccc2n1-c1ncccn1. The molecule has 0 aliphatic rings. The number of fused-ring (bicyclic) bond motifs is 1. The molecule has 7 nitrogen and oxygen atoms in total. The number of rotatable bonds is 7. The van der Waals surface area contributed by atoms with Crippen molar-refractivity contribution in [3.63, 3.8) is 0 Å². The topological polar surface area (TPSA) is 86.1 Å². The lowest BCUT2D eigenvalue weighted by Crippen LogP contribution is -2.22. The molecule has 0 aliphatic heterocycles. The number of benzene rings is 2. The second-order valence-corrected chi connectivity index (χ2v) is 6.94. The van der Waals surface area contributed by atoms with Crippen molar-refractivity contribution in [3.05, 3.63) is 89.9 Å². The van der Waals surface area contributed by atoms with Crippen molar-refractivity contribution in [2.45, 2.75) is 19.9 Å². The molecule has 0 saturated heterocycles. The third-order valence-corrected chi connectivity index (χ3v) is 4.82. The van der Waals surface area contributed by atoms with E-state index in [1.165, 1.54) is 0 Å². The molecule has 0 fully saturated rings. The minimum Gasteiger partial charge on any atom is -0.466 e. The van der Waals surface area contributed by atoms with Gasteiger partial charge in [0.1, 0.15) is 0 Å². The molecule has 4 rings (SSSR count). The highest BCUT2D eigenvalue weighted by atomic mass is 16.5. The Morgan fingerprint density at radius 1 is 1.00 bits per heavy atom. The van der Waals surface area contributed by atoms with Crippen LogP contribution >= 0.6 is 0 Å². The van der Waals surface area contributed by atoms with Crippen molar-refractivity contribution in [1.29, 1.82) is 0 Å². The van der Waals surface area contributed by atoms with Crippen LogP contribution in [0.25, 0.3) is 16.9 Å². The fourth-order valence-corrected chi connectivity index (χ4v) is 3.43. The summed E-state index contributed by atoms with van der Waals surface area (Å²) in [5.74, 6) is -0.0391. The Balaban J connectivity index is 1.66. The number of carbonyl (C=O) groups excluding carboxylic acids is 2. The molecule has 0 unspecified atom stereocenters. The van der Waals surface area contributed by atoms with Gasteiger partial charge < -0.3 is 10.1 Å². The molecule has 0 saturated carbocycles. The van der Waals surface area contributed by atoms with Crippen LogP contribution in [0.4, 0.5) is 0 Å². The Morgan fingerprint density at radius 2 is 1.77 bits per heavy atom. The highest BCUT2D eigenvalue weighted by molar-refractivity contribution is 5.98. The van der Waals surface area contributed by atoms with Gasteiger partial charge in [0.25, 0.3) is 5.91 Å². The van der Waals surface area contributed by atoms with Crippen LogP contribution in [0.2, 0.25) is 0 Å². The summed E-state index contributed by atoms with van der Waals surface area (Å²) in [5, 5.41) is 3.76. The van der Waals surface area contributed by atoms with Gasteiger partial charge in [0.05, 0.1) is 18.5 Å². The van der Waals surface area contributed by atoms with Crippen molar-refractivity contribution < 1.29 is 14.3 Å². The van der Waals surface area contributed by atoms with Gasteiger partial charge >= 0.3 is 5.97 Å². The maximum absolute atomic E-state index is 12.7. The number of carbonyl (C=O) groups is 2. The molecule has 0 bridgehead atoms. The third kappa shape index (κ3) is 4.61. The van der Waals surface area contributed by atoms with Gasteiger partial charge in [-0.2, -0.15) is 0 Å². The smallest absolute Gasteiger partial charge is 0.311 e. The van der Waals surface area contributed by atoms with E-state index in [1.54, 1.807) is 31.5 Å². The molecule has 2 aromatic carbocycles. The monoisotopic (exact) mass is 414 g/mol.